The van der Waals surface area contributed by atoms with Gasteiger partial charge in [-0.1, -0.05) is 75.8 Å². The number of hydrogen-bond acceptors (Lipinski definition) is 0. The summed E-state index contributed by atoms with van der Waals surface area (Å²) in [6, 6.07) is 11.1. The minimum absolute atomic E-state index is 1.00. The lowest BCUT2D eigenvalue weighted by Crippen LogP contribution is -2.26. The molecule has 1 aromatic carbocycles. The molecule has 0 bridgehead atoms. The van der Waals surface area contributed by atoms with Gasteiger partial charge >= 0.3 is 0 Å². The SMILES string of the molecule is CCCC1CCC(C2CCC(CCc3ccccc3)CC2)CC1. The predicted octanol–water partition coefficient (Wildman–Crippen LogP) is 7.03. The van der Waals surface area contributed by atoms with Gasteiger partial charge in [0, 0.05) is 0 Å². The second kappa shape index (κ2) is 8.90. The molecule has 0 aromatic heterocycles. The Balaban J connectivity index is 1.36. The summed E-state index contributed by atoms with van der Waals surface area (Å²) in [5, 5.41) is 0. The van der Waals surface area contributed by atoms with Gasteiger partial charge in [-0.25, -0.2) is 0 Å². The van der Waals surface area contributed by atoms with E-state index in [-0.39, 0.29) is 0 Å². The van der Waals surface area contributed by atoms with Crippen molar-refractivity contribution >= 4 is 0 Å². The fourth-order valence-corrected chi connectivity index (χ4v) is 5.32. The molecular weight excluding hydrogens is 276 g/mol. The topological polar surface area (TPSA) is 0 Å². The van der Waals surface area contributed by atoms with Crippen molar-refractivity contribution in [2.75, 3.05) is 0 Å². The van der Waals surface area contributed by atoms with E-state index in [0.717, 1.165) is 23.7 Å². The molecule has 0 radical (unpaired) electrons. The van der Waals surface area contributed by atoms with Crippen molar-refractivity contribution in [2.45, 2.75) is 84.0 Å². The molecule has 0 heteroatoms. The highest BCUT2D eigenvalue weighted by Gasteiger charge is 2.30. The van der Waals surface area contributed by atoms with E-state index in [9.17, 15) is 0 Å². The lowest BCUT2D eigenvalue weighted by Gasteiger charge is -2.38. The van der Waals surface area contributed by atoms with Crippen LogP contribution in [-0.2, 0) is 6.42 Å². The Morgan fingerprint density at radius 1 is 0.696 bits per heavy atom. The van der Waals surface area contributed by atoms with Crippen LogP contribution in [0.15, 0.2) is 30.3 Å². The van der Waals surface area contributed by atoms with Crippen LogP contribution >= 0.6 is 0 Å². The van der Waals surface area contributed by atoms with Crippen molar-refractivity contribution in [1.29, 1.82) is 0 Å². The molecule has 0 nitrogen and oxygen atoms in total. The second-order valence-corrected chi connectivity index (χ2v) is 8.37. The van der Waals surface area contributed by atoms with Crippen molar-refractivity contribution in [3.05, 3.63) is 35.9 Å². The average molecular weight is 313 g/mol. The Morgan fingerprint density at radius 2 is 1.22 bits per heavy atom. The molecule has 0 aliphatic heterocycles. The summed E-state index contributed by atoms with van der Waals surface area (Å²) in [6.45, 7) is 2.35. The van der Waals surface area contributed by atoms with E-state index in [1.54, 1.807) is 12.8 Å². The number of benzene rings is 1. The summed E-state index contributed by atoms with van der Waals surface area (Å²) in [4.78, 5) is 0. The molecule has 2 fully saturated rings. The third-order valence-corrected chi connectivity index (χ3v) is 6.83. The van der Waals surface area contributed by atoms with Gasteiger partial charge in [0.15, 0.2) is 0 Å². The van der Waals surface area contributed by atoms with E-state index in [0.29, 0.717) is 0 Å². The summed E-state index contributed by atoms with van der Waals surface area (Å²) in [5.74, 6) is 4.23. The first kappa shape index (κ1) is 17.1. The summed E-state index contributed by atoms with van der Waals surface area (Å²) in [7, 11) is 0. The van der Waals surface area contributed by atoms with E-state index >= 15 is 0 Å². The molecule has 0 amide bonds. The number of hydrogen-bond donors (Lipinski definition) is 0. The molecule has 0 unspecified atom stereocenters. The van der Waals surface area contributed by atoms with Crippen LogP contribution in [-0.4, -0.2) is 0 Å². The third kappa shape index (κ3) is 5.10. The molecule has 0 N–H and O–H groups in total. The molecule has 128 valence electrons. The Labute approximate surface area is 144 Å². The Bertz CT molecular complexity index is 419. The van der Waals surface area contributed by atoms with Gasteiger partial charge in [-0.15, -0.1) is 0 Å². The van der Waals surface area contributed by atoms with Crippen LogP contribution < -0.4 is 0 Å². The minimum atomic E-state index is 1.00. The van der Waals surface area contributed by atoms with E-state index in [1.807, 2.05) is 0 Å². The van der Waals surface area contributed by atoms with Crippen molar-refractivity contribution in [3.8, 4) is 0 Å². The van der Waals surface area contributed by atoms with Crippen molar-refractivity contribution in [1.82, 2.24) is 0 Å². The zero-order valence-corrected chi connectivity index (χ0v) is 15.2. The second-order valence-electron chi connectivity index (χ2n) is 8.37. The van der Waals surface area contributed by atoms with Crippen LogP contribution in [0.25, 0.3) is 0 Å². The molecule has 0 saturated heterocycles. The number of aryl methyl sites for hydroxylation is 1. The van der Waals surface area contributed by atoms with Crippen LogP contribution in [0.3, 0.4) is 0 Å². The van der Waals surface area contributed by atoms with Crippen LogP contribution in [0.2, 0.25) is 0 Å². The largest absolute Gasteiger partial charge is 0.0654 e. The summed E-state index contributed by atoms with van der Waals surface area (Å²) < 4.78 is 0. The number of rotatable bonds is 6. The van der Waals surface area contributed by atoms with Gasteiger partial charge in [0.05, 0.1) is 0 Å². The van der Waals surface area contributed by atoms with E-state index in [4.69, 9.17) is 0 Å². The molecule has 3 rings (SSSR count). The highest BCUT2D eigenvalue weighted by molar-refractivity contribution is 5.14. The highest BCUT2D eigenvalue weighted by atomic mass is 14.4. The maximum Gasteiger partial charge on any atom is -0.0276 e. The molecule has 2 saturated carbocycles. The first-order chi connectivity index (χ1) is 11.3. The molecule has 0 atom stereocenters. The molecule has 0 spiro atoms. The predicted molar refractivity (Wildman–Crippen MR) is 101 cm³/mol. The summed E-state index contributed by atoms with van der Waals surface area (Å²) >= 11 is 0. The van der Waals surface area contributed by atoms with Crippen LogP contribution in [0.4, 0.5) is 0 Å². The van der Waals surface area contributed by atoms with E-state index in [2.05, 4.69) is 37.3 Å². The molecule has 1 aromatic rings. The Kier molecular flexibility index (Phi) is 6.60. The summed E-state index contributed by atoms with van der Waals surface area (Å²) in [5.41, 5.74) is 1.53. The van der Waals surface area contributed by atoms with Gasteiger partial charge in [-0.2, -0.15) is 0 Å². The molecule has 2 aliphatic rings. The minimum Gasteiger partial charge on any atom is -0.0654 e. The first-order valence-electron chi connectivity index (χ1n) is 10.4. The Hall–Kier alpha value is -0.780. The quantitative estimate of drug-likeness (QED) is 0.529. The lowest BCUT2D eigenvalue weighted by molar-refractivity contribution is 0.141. The summed E-state index contributed by atoms with van der Waals surface area (Å²) in [6.07, 6.45) is 17.8. The molecular formula is C23H36. The normalized spacial score (nSPS) is 31.9. The zero-order chi connectivity index (χ0) is 15.9. The van der Waals surface area contributed by atoms with Crippen molar-refractivity contribution in [3.63, 3.8) is 0 Å². The fourth-order valence-electron chi connectivity index (χ4n) is 5.32. The van der Waals surface area contributed by atoms with Gasteiger partial charge < -0.3 is 0 Å². The zero-order valence-electron chi connectivity index (χ0n) is 15.2. The third-order valence-electron chi connectivity index (χ3n) is 6.83. The van der Waals surface area contributed by atoms with Crippen LogP contribution in [0.5, 0.6) is 0 Å². The Morgan fingerprint density at radius 3 is 1.74 bits per heavy atom. The maximum atomic E-state index is 2.35. The first-order valence-corrected chi connectivity index (χ1v) is 10.4. The molecule has 2 aliphatic carbocycles. The van der Waals surface area contributed by atoms with Gasteiger partial charge in [-0.05, 0) is 67.8 Å². The fraction of sp³-hybridized carbons (Fsp3) is 0.739. The maximum absolute atomic E-state index is 2.35. The van der Waals surface area contributed by atoms with Gasteiger partial charge in [0.2, 0.25) is 0 Å². The monoisotopic (exact) mass is 312 g/mol. The molecule has 23 heavy (non-hydrogen) atoms. The smallest absolute Gasteiger partial charge is 0.0276 e. The average Bonchev–Trinajstić information content (AvgIpc) is 2.62. The van der Waals surface area contributed by atoms with Crippen molar-refractivity contribution < 1.29 is 0 Å². The standard InChI is InChI=1S/C23H36/c1-2-6-19-11-15-22(16-12-19)23-17-13-21(14-18-23)10-9-20-7-4-3-5-8-20/h3-5,7-8,19,21-23H,2,6,9-18H2,1H3. The van der Waals surface area contributed by atoms with Crippen LogP contribution in [0.1, 0.15) is 83.1 Å². The van der Waals surface area contributed by atoms with Gasteiger partial charge in [0.1, 0.15) is 0 Å². The van der Waals surface area contributed by atoms with Crippen molar-refractivity contribution in [2.24, 2.45) is 23.7 Å². The van der Waals surface area contributed by atoms with E-state index < -0.39 is 0 Å². The van der Waals surface area contributed by atoms with Gasteiger partial charge in [-0.3, -0.25) is 0 Å². The lowest BCUT2D eigenvalue weighted by atomic mass is 9.68. The highest BCUT2D eigenvalue weighted by Crippen LogP contribution is 2.42. The van der Waals surface area contributed by atoms with Gasteiger partial charge in [0.25, 0.3) is 0 Å². The van der Waals surface area contributed by atoms with E-state index in [1.165, 1.54) is 69.8 Å². The molecule has 0 heterocycles. The van der Waals surface area contributed by atoms with Crippen LogP contribution in [0, 0.1) is 23.7 Å².